The fourth-order valence-electron chi connectivity index (χ4n) is 6.94. The van der Waals surface area contributed by atoms with Gasteiger partial charge in [0.15, 0.2) is 0 Å². The third kappa shape index (κ3) is 5.46. The fraction of sp³-hybridized carbons (Fsp3) is 0.0870. The Morgan fingerprint density at radius 2 is 1.02 bits per heavy atom. The maximum absolute atomic E-state index is 6.61. The van der Waals surface area contributed by atoms with E-state index in [1.54, 1.807) is 0 Å². The van der Waals surface area contributed by atoms with E-state index in [0.717, 1.165) is 34.0 Å². The van der Waals surface area contributed by atoms with E-state index in [2.05, 4.69) is 189 Å². The molecule has 0 spiro atoms. The van der Waals surface area contributed by atoms with Crippen molar-refractivity contribution in [2.24, 2.45) is 0 Å². The molecule has 232 valence electrons. The van der Waals surface area contributed by atoms with Gasteiger partial charge in [-0.1, -0.05) is 148 Å². The van der Waals surface area contributed by atoms with Crippen LogP contribution in [-0.4, -0.2) is 0 Å². The van der Waals surface area contributed by atoms with E-state index in [4.69, 9.17) is 4.42 Å². The molecule has 8 rings (SSSR count). The van der Waals surface area contributed by atoms with Gasteiger partial charge in [-0.2, -0.15) is 0 Å². The van der Waals surface area contributed by atoms with Crippen molar-refractivity contribution in [2.45, 2.75) is 26.2 Å². The van der Waals surface area contributed by atoms with E-state index >= 15 is 0 Å². The minimum absolute atomic E-state index is 0.0954. The van der Waals surface area contributed by atoms with Gasteiger partial charge in [-0.05, 0) is 80.9 Å². The van der Waals surface area contributed by atoms with Gasteiger partial charge in [0, 0.05) is 33.6 Å². The van der Waals surface area contributed by atoms with E-state index in [-0.39, 0.29) is 5.41 Å². The zero-order valence-corrected chi connectivity index (χ0v) is 27.5. The highest BCUT2D eigenvalue weighted by molar-refractivity contribution is 5.92. The van der Waals surface area contributed by atoms with Gasteiger partial charge in [0.25, 0.3) is 0 Å². The number of hydrogen-bond acceptors (Lipinski definition) is 2. The largest absolute Gasteiger partial charge is 0.456 e. The molecule has 2 nitrogen and oxygen atoms in total. The van der Waals surface area contributed by atoms with Gasteiger partial charge in [-0.15, -0.1) is 0 Å². The molecule has 1 aromatic heterocycles. The van der Waals surface area contributed by atoms with E-state index in [1.807, 2.05) is 6.07 Å². The smallest absolute Gasteiger partial charge is 0.139 e. The Balaban J connectivity index is 1.27. The Bertz CT molecular complexity index is 2380. The van der Waals surface area contributed by atoms with Crippen LogP contribution in [0.5, 0.6) is 0 Å². The highest BCUT2D eigenvalue weighted by atomic mass is 16.3. The van der Waals surface area contributed by atoms with Crippen LogP contribution in [0, 0.1) is 0 Å². The number of hydrogen-bond donors (Lipinski definition) is 0. The molecule has 48 heavy (non-hydrogen) atoms. The van der Waals surface area contributed by atoms with E-state index < -0.39 is 0 Å². The van der Waals surface area contributed by atoms with Crippen molar-refractivity contribution in [3.8, 4) is 33.6 Å². The van der Waals surface area contributed by atoms with Crippen LogP contribution < -0.4 is 4.90 Å². The van der Waals surface area contributed by atoms with Gasteiger partial charge >= 0.3 is 0 Å². The van der Waals surface area contributed by atoms with Gasteiger partial charge in [-0.3, -0.25) is 0 Å². The van der Waals surface area contributed by atoms with Gasteiger partial charge in [0.1, 0.15) is 11.3 Å². The van der Waals surface area contributed by atoms with Crippen molar-refractivity contribution in [1.82, 2.24) is 0 Å². The Kier molecular flexibility index (Phi) is 7.42. The molecule has 0 N–H and O–H groups in total. The average Bonchev–Trinajstić information content (AvgIpc) is 3.54. The predicted octanol–water partition coefficient (Wildman–Crippen LogP) is 13.4. The van der Waals surface area contributed by atoms with Crippen molar-refractivity contribution >= 4 is 38.8 Å². The summed E-state index contributed by atoms with van der Waals surface area (Å²) < 4.78 is 6.61. The normalized spacial score (nSPS) is 11.6. The molecule has 1 heterocycles. The second-order valence-corrected chi connectivity index (χ2v) is 13.4. The molecule has 7 aromatic carbocycles. The van der Waals surface area contributed by atoms with Gasteiger partial charge in [0.2, 0.25) is 0 Å². The summed E-state index contributed by atoms with van der Waals surface area (Å²) in [6, 6.07) is 60.6. The Hall–Kier alpha value is -5.86. The van der Waals surface area contributed by atoms with Crippen LogP contribution in [0.4, 0.5) is 17.1 Å². The summed E-state index contributed by atoms with van der Waals surface area (Å²) in [5, 5.41) is 3.60. The SMILES string of the molecule is CC(C)(C)c1c(-c2cccc(N(c3ccc(-c4ccccc4-c4ccccc4)cc3)c3ccc4ccccc4c3)c2)oc2ccccc12. The van der Waals surface area contributed by atoms with Crippen molar-refractivity contribution < 1.29 is 4.42 Å². The van der Waals surface area contributed by atoms with Gasteiger partial charge < -0.3 is 9.32 Å². The lowest BCUT2D eigenvalue weighted by Gasteiger charge is -2.27. The summed E-state index contributed by atoms with van der Waals surface area (Å²) in [5.74, 6) is 0.928. The first-order valence-corrected chi connectivity index (χ1v) is 16.6. The predicted molar refractivity (Wildman–Crippen MR) is 203 cm³/mol. The number of benzene rings is 7. The average molecular weight is 620 g/mol. The number of furan rings is 1. The summed E-state index contributed by atoms with van der Waals surface area (Å²) in [5.41, 5.74) is 11.2. The van der Waals surface area contributed by atoms with E-state index in [9.17, 15) is 0 Å². The Morgan fingerprint density at radius 3 is 1.77 bits per heavy atom. The second kappa shape index (κ2) is 12.1. The monoisotopic (exact) mass is 619 g/mol. The molecular weight excluding hydrogens is 583 g/mol. The van der Waals surface area contributed by atoms with Crippen molar-refractivity contribution in [3.05, 3.63) is 175 Å². The summed E-state index contributed by atoms with van der Waals surface area (Å²) in [6.45, 7) is 6.78. The number of para-hydroxylation sites is 1. The van der Waals surface area contributed by atoms with Crippen LogP contribution in [0.25, 0.3) is 55.3 Å². The molecule has 0 aliphatic carbocycles. The standard InChI is InChI=1S/C46H37NO/c1-46(2,3)44-42-22-11-12-23-43(42)48-45(44)36-18-13-19-38(31-36)47(39-29-24-32-14-7-8-17-35(32)30-39)37-27-25-34(26-28-37)41-21-10-9-20-40(41)33-15-5-4-6-16-33/h4-31H,1-3H3. The maximum atomic E-state index is 6.61. The third-order valence-corrected chi connectivity index (χ3v) is 9.15. The molecule has 0 fully saturated rings. The molecule has 0 atom stereocenters. The van der Waals surface area contributed by atoms with Crippen molar-refractivity contribution in [1.29, 1.82) is 0 Å². The molecule has 2 heteroatoms. The maximum Gasteiger partial charge on any atom is 0.139 e. The molecule has 0 saturated carbocycles. The fourth-order valence-corrected chi connectivity index (χ4v) is 6.94. The highest BCUT2D eigenvalue weighted by Crippen LogP contribution is 2.44. The van der Waals surface area contributed by atoms with Crippen LogP contribution in [0.15, 0.2) is 174 Å². The van der Waals surface area contributed by atoms with Crippen molar-refractivity contribution in [2.75, 3.05) is 4.90 Å². The van der Waals surface area contributed by atoms with Crippen LogP contribution in [0.1, 0.15) is 26.3 Å². The van der Waals surface area contributed by atoms with Gasteiger partial charge in [0.05, 0.1) is 0 Å². The number of nitrogens with zero attached hydrogens (tertiary/aromatic N) is 1. The highest BCUT2D eigenvalue weighted by Gasteiger charge is 2.26. The molecule has 0 amide bonds. The van der Waals surface area contributed by atoms with Gasteiger partial charge in [-0.25, -0.2) is 0 Å². The molecule has 0 aliphatic rings. The number of anilines is 3. The van der Waals surface area contributed by atoms with E-state index in [1.165, 1.54) is 44.0 Å². The quantitative estimate of drug-likeness (QED) is 0.184. The van der Waals surface area contributed by atoms with Crippen LogP contribution >= 0.6 is 0 Å². The number of rotatable bonds is 6. The summed E-state index contributed by atoms with van der Waals surface area (Å²) >= 11 is 0. The zero-order chi connectivity index (χ0) is 32.7. The molecule has 0 saturated heterocycles. The molecule has 0 bridgehead atoms. The first kappa shape index (κ1) is 29.5. The van der Waals surface area contributed by atoms with Crippen LogP contribution in [0.3, 0.4) is 0 Å². The lowest BCUT2D eigenvalue weighted by molar-refractivity contribution is 0.568. The number of fused-ring (bicyclic) bond motifs is 2. The molecule has 0 radical (unpaired) electrons. The molecule has 0 unspecified atom stereocenters. The van der Waals surface area contributed by atoms with Crippen LogP contribution in [-0.2, 0) is 5.41 Å². The lowest BCUT2D eigenvalue weighted by Crippen LogP contribution is -2.12. The first-order chi connectivity index (χ1) is 23.4. The summed E-state index contributed by atoms with van der Waals surface area (Å²) in [4.78, 5) is 2.35. The lowest BCUT2D eigenvalue weighted by atomic mass is 9.83. The topological polar surface area (TPSA) is 16.4 Å². The second-order valence-electron chi connectivity index (χ2n) is 13.4. The zero-order valence-electron chi connectivity index (χ0n) is 27.5. The molecular formula is C46H37NO. The van der Waals surface area contributed by atoms with Crippen molar-refractivity contribution in [3.63, 3.8) is 0 Å². The van der Waals surface area contributed by atoms with Crippen LogP contribution in [0.2, 0.25) is 0 Å². The minimum atomic E-state index is -0.0954. The Labute approximate surface area is 282 Å². The van der Waals surface area contributed by atoms with E-state index in [0.29, 0.717) is 0 Å². The summed E-state index contributed by atoms with van der Waals surface area (Å²) in [6.07, 6.45) is 0. The summed E-state index contributed by atoms with van der Waals surface area (Å²) in [7, 11) is 0. The molecule has 8 aromatic rings. The first-order valence-electron chi connectivity index (χ1n) is 16.6. The Morgan fingerprint density at radius 1 is 0.438 bits per heavy atom. The minimum Gasteiger partial charge on any atom is -0.456 e. The molecule has 0 aliphatic heterocycles. The third-order valence-electron chi connectivity index (χ3n) is 9.15.